The molecule has 1 aliphatic heterocycles. The van der Waals surface area contributed by atoms with Crippen LogP contribution in [-0.2, 0) is 14.3 Å². The lowest BCUT2D eigenvalue weighted by atomic mass is 10.1. The Labute approximate surface area is 88.4 Å². The zero-order valence-electron chi connectivity index (χ0n) is 8.69. The van der Waals surface area contributed by atoms with E-state index >= 15 is 0 Å². The minimum Gasteiger partial charge on any atom is -0.387 e. The van der Waals surface area contributed by atoms with Gasteiger partial charge in [-0.1, -0.05) is 24.3 Å². The molecule has 0 bridgehead atoms. The summed E-state index contributed by atoms with van der Waals surface area (Å²) in [4.78, 5) is 19.8. The topological polar surface area (TPSA) is 43.4 Å². The Morgan fingerprint density at radius 1 is 0.867 bits per heavy atom. The molecule has 3 heteroatoms. The highest BCUT2D eigenvalue weighted by molar-refractivity contribution is 6.04. The molecule has 0 spiro atoms. The predicted octanol–water partition coefficient (Wildman–Crippen LogP) is 1.93. The predicted molar refractivity (Wildman–Crippen MR) is 56.2 cm³/mol. The van der Waals surface area contributed by atoms with E-state index < -0.39 is 11.9 Å². The third kappa shape index (κ3) is 3.77. The van der Waals surface area contributed by atoms with Crippen molar-refractivity contribution in [1.82, 2.24) is 0 Å². The normalized spacial score (nSPS) is 13.2. The quantitative estimate of drug-likeness (QED) is 0.479. The van der Waals surface area contributed by atoms with Gasteiger partial charge in [0.2, 0.25) is 0 Å². The summed E-state index contributed by atoms with van der Waals surface area (Å²) in [6, 6.07) is 8.36. The van der Waals surface area contributed by atoms with Crippen LogP contribution < -0.4 is 0 Å². The number of carbonyl (C=O) groups is 2. The van der Waals surface area contributed by atoms with Crippen molar-refractivity contribution in [3.8, 4) is 0 Å². The van der Waals surface area contributed by atoms with E-state index in [0.717, 1.165) is 12.2 Å². The van der Waals surface area contributed by atoms with Crippen molar-refractivity contribution in [1.29, 1.82) is 0 Å². The Balaban J connectivity index is 0.000000151. The maximum absolute atomic E-state index is 9.92. The van der Waals surface area contributed by atoms with Crippen LogP contribution >= 0.6 is 0 Å². The van der Waals surface area contributed by atoms with Crippen LogP contribution in [0.4, 0.5) is 0 Å². The summed E-state index contributed by atoms with van der Waals surface area (Å²) in [6.45, 7) is 4.24. The van der Waals surface area contributed by atoms with E-state index in [-0.39, 0.29) is 0 Å². The molecule has 1 heterocycles. The van der Waals surface area contributed by atoms with Gasteiger partial charge in [-0.2, -0.15) is 0 Å². The maximum atomic E-state index is 9.92. The zero-order valence-corrected chi connectivity index (χ0v) is 8.69. The summed E-state index contributed by atoms with van der Waals surface area (Å²) < 4.78 is 3.97. The van der Waals surface area contributed by atoms with Crippen LogP contribution in [0.5, 0.6) is 0 Å². The van der Waals surface area contributed by atoms with Crippen molar-refractivity contribution < 1.29 is 14.3 Å². The second kappa shape index (κ2) is 5.10. The maximum Gasteiger partial charge on any atom is 0.338 e. The first-order chi connectivity index (χ1) is 7.09. The monoisotopic (exact) mass is 204 g/mol. The summed E-state index contributed by atoms with van der Waals surface area (Å²) in [5.74, 6) is -1.16. The second-order valence-electron chi connectivity index (χ2n) is 3.16. The number of hydrogen-bond acceptors (Lipinski definition) is 3. The second-order valence-corrected chi connectivity index (χ2v) is 3.16. The van der Waals surface area contributed by atoms with E-state index in [4.69, 9.17) is 0 Å². The number of cyclic esters (lactones) is 2. The fraction of sp³-hybridized carbons (Fsp3) is 0.167. The molecule has 1 aromatic rings. The molecule has 3 nitrogen and oxygen atoms in total. The highest BCUT2D eigenvalue weighted by Crippen LogP contribution is 2.02. The molecule has 1 aliphatic rings. The number of aryl methyl sites for hydroxylation is 2. The van der Waals surface area contributed by atoms with E-state index in [1.54, 1.807) is 0 Å². The summed E-state index contributed by atoms with van der Waals surface area (Å²) in [6.07, 6.45) is 2.17. The first kappa shape index (κ1) is 11.2. The van der Waals surface area contributed by atoms with Gasteiger partial charge in [-0.3, -0.25) is 0 Å². The molecule has 0 aliphatic carbocycles. The molecule has 0 radical (unpaired) electrons. The fourth-order valence-electron chi connectivity index (χ4n) is 0.966. The minimum atomic E-state index is -0.579. The molecule has 1 aromatic carbocycles. The Hall–Kier alpha value is -1.90. The first-order valence-corrected chi connectivity index (χ1v) is 4.55. The van der Waals surface area contributed by atoms with E-state index in [0.29, 0.717) is 0 Å². The molecule has 0 unspecified atom stereocenters. The molecule has 78 valence electrons. The third-order valence-corrected chi connectivity index (χ3v) is 1.98. The lowest BCUT2D eigenvalue weighted by Crippen LogP contribution is -1.96. The Kier molecular flexibility index (Phi) is 3.80. The molecular formula is C12H12O3. The van der Waals surface area contributed by atoms with Gasteiger partial charge in [0.15, 0.2) is 0 Å². The minimum absolute atomic E-state index is 0.579. The molecule has 0 atom stereocenters. The van der Waals surface area contributed by atoms with Gasteiger partial charge in [0.25, 0.3) is 0 Å². The van der Waals surface area contributed by atoms with Crippen molar-refractivity contribution in [2.24, 2.45) is 0 Å². The summed E-state index contributed by atoms with van der Waals surface area (Å²) in [7, 11) is 0. The third-order valence-electron chi connectivity index (χ3n) is 1.98. The summed E-state index contributed by atoms with van der Waals surface area (Å²) in [5, 5.41) is 0. The zero-order chi connectivity index (χ0) is 11.3. The average Bonchev–Trinajstić information content (AvgIpc) is 2.56. The van der Waals surface area contributed by atoms with Crippen molar-refractivity contribution >= 4 is 11.9 Å². The van der Waals surface area contributed by atoms with E-state index in [9.17, 15) is 9.59 Å². The highest BCUT2D eigenvalue weighted by Gasteiger charge is 2.10. The van der Waals surface area contributed by atoms with Crippen LogP contribution in [0.1, 0.15) is 11.1 Å². The van der Waals surface area contributed by atoms with Crippen molar-refractivity contribution in [3.05, 3.63) is 47.5 Å². The standard InChI is InChI=1S/C8H10.C4H2O3/c1-7-5-3-4-6-8(7)2;5-3-1-2-4(6)7-3/h3-6H,1-2H3;1-2H. The van der Waals surface area contributed by atoms with E-state index in [2.05, 4.69) is 42.8 Å². The van der Waals surface area contributed by atoms with Gasteiger partial charge < -0.3 is 4.74 Å². The number of benzene rings is 1. The molecule has 0 N–H and O–H groups in total. The van der Waals surface area contributed by atoms with Gasteiger partial charge in [-0.15, -0.1) is 0 Å². The van der Waals surface area contributed by atoms with E-state index in [1.807, 2.05) is 0 Å². The SMILES string of the molecule is Cc1ccccc1C.O=C1C=CC(=O)O1. The molecule has 2 rings (SSSR count). The summed E-state index contributed by atoms with van der Waals surface area (Å²) in [5.41, 5.74) is 2.74. The molecular weight excluding hydrogens is 192 g/mol. The number of carbonyl (C=O) groups excluding carboxylic acids is 2. The van der Waals surface area contributed by atoms with Crippen molar-refractivity contribution in [3.63, 3.8) is 0 Å². The summed E-state index contributed by atoms with van der Waals surface area (Å²) >= 11 is 0. The van der Waals surface area contributed by atoms with Crippen LogP contribution in [0.25, 0.3) is 0 Å². The van der Waals surface area contributed by atoms with Crippen molar-refractivity contribution in [2.45, 2.75) is 13.8 Å². The smallest absolute Gasteiger partial charge is 0.338 e. The number of hydrogen-bond donors (Lipinski definition) is 0. The number of rotatable bonds is 0. The molecule has 0 amide bonds. The molecule has 0 saturated heterocycles. The Morgan fingerprint density at radius 2 is 1.27 bits per heavy atom. The molecule has 0 saturated carbocycles. The highest BCUT2D eigenvalue weighted by atomic mass is 16.6. The number of esters is 2. The van der Waals surface area contributed by atoms with Gasteiger partial charge in [0.1, 0.15) is 0 Å². The van der Waals surface area contributed by atoms with Crippen LogP contribution in [-0.4, -0.2) is 11.9 Å². The van der Waals surface area contributed by atoms with Crippen molar-refractivity contribution in [2.75, 3.05) is 0 Å². The fourth-order valence-corrected chi connectivity index (χ4v) is 0.966. The van der Waals surface area contributed by atoms with Gasteiger partial charge in [0.05, 0.1) is 0 Å². The Morgan fingerprint density at radius 3 is 1.47 bits per heavy atom. The largest absolute Gasteiger partial charge is 0.387 e. The first-order valence-electron chi connectivity index (χ1n) is 4.55. The van der Waals surface area contributed by atoms with Gasteiger partial charge in [-0.05, 0) is 25.0 Å². The molecule has 0 aromatic heterocycles. The van der Waals surface area contributed by atoms with E-state index in [1.165, 1.54) is 11.1 Å². The van der Waals surface area contributed by atoms with Crippen LogP contribution in [0.2, 0.25) is 0 Å². The van der Waals surface area contributed by atoms with Crippen LogP contribution in [0.15, 0.2) is 36.4 Å². The number of ether oxygens (including phenoxy) is 1. The molecule has 15 heavy (non-hydrogen) atoms. The lowest BCUT2D eigenvalue weighted by molar-refractivity contribution is -0.150. The van der Waals surface area contributed by atoms with Gasteiger partial charge in [-0.25, -0.2) is 9.59 Å². The van der Waals surface area contributed by atoms with Crippen LogP contribution in [0, 0.1) is 13.8 Å². The van der Waals surface area contributed by atoms with Gasteiger partial charge >= 0.3 is 11.9 Å². The molecule has 0 fully saturated rings. The lowest BCUT2D eigenvalue weighted by Gasteiger charge is -1.93. The Bertz CT molecular complexity index is 368. The average molecular weight is 204 g/mol. The van der Waals surface area contributed by atoms with Crippen LogP contribution in [0.3, 0.4) is 0 Å². The van der Waals surface area contributed by atoms with Gasteiger partial charge in [0, 0.05) is 12.2 Å².